The van der Waals surface area contributed by atoms with E-state index in [2.05, 4.69) is 10.5 Å². The number of nitrogens with one attached hydrogen (secondary N) is 1. The fraction of sp³-hybridized carbons (Fsp3) is 0.158. The minimum Gasteiger partial charge on any atom is -0.494 e. The number of hydrogen-bond acceptors (Lipinski definition) is 5. The Hall–Kier alpha value is -3.28. The normalized spacial score (nSPS) is 12.7. The summed E-state index contributed by atoms with van der Waals surface area (Å²) in [5.41, 5.74) is 4.16. The Morgan fingerprint density at radius 1 is 1.16 bits per heavy atom. The SMILES string of the molecule is CCOc1ccc(/C=N/NC(=O)/C=C/c2ccc3c(c2)OCO3)cc1. The predicted octanol–water partition coefficient (Wildman–Crippen LogP) is 2.98. The van der Waals surface area contributed by atoms with Gasteiger partial charge >= 0.3 is 0 Å². The average molecular weight is 338 g/mol. The third kappa shape index (κ3) is 4.60. The molecule has 6 heteroatoms. The second-order valence-corrected chi connectivity index (χ2v) is 5.18. The maximum Gasteiger partial charge on any atom is 0.264 e. The summed E-state index contributed by atoms with van der Waals surface area (Å²) in [4.78, 5) is 11.8. The molecule has 1 aliphatic rings. The summed E-state index contributed by atoms with van der Waals surface area (Å²) in [5.74, 6) is 1.87. The van der Waals surface area contributed by atoms with Crippen LogP contribution in [-0.4, -0.2) is 25.5 Å². The van der Waals surface area contributed by atoms with E-state index in [1.807, 2.05) is 49.4 Å². The standard InChI is InChI=1S/C19H18N2O4/c1-2-23-16-7-3-15(4-8-16)12-20-21-19(22)10-6-14-5-9-17-18(11-14)25-13-24-17/h3-12H,2,13H2,1H3,(H,21,22)/b10-6+,20-12+. The number of ether oxygens (including phenoxy) is 3. The van der Waals surface area contributed by atoms with Crippen LogP contribution in [0.2, 0.25) is 0 Å². The monoisotopic (exact) mass is 338 g/mol. The molecule has 6 nitrogen and oxygen atoms in total. The number of rotatable bonds is 6. The molecule has 0 aromatic heterocycles. The van der Waals surface area contributed by atoms with Crippen molar-refractivity contribution in [2.24, 2.45) is 5.10 Å². The molecule has 0 radical (unpaired) electrons. The van der Waals surface area contributed by atoms with Gasteiger partial charge in [0, 0.05) is 6.08 Å². The van der Waals surface area contributed by atoms with Crippen molar-refractivity contribution in [2.75, 3.05) is 13.4 Å². The molecular weight excluding hydrogens is 320 g/mol. The highest BCUT2D eigenvalue weighted by atomic mass is 16.7. The van der Waals surface area contributed by atoms with Crippen molar-refractivity contribution in [3.63, 3.8) is 0 Å². The summed E-state index contributed by atoms with van der Waals surface area (Å²) in [5, 5.41) is 3.93. The number of nitrogens with zero attached hydrogens (tertiary/aromatic N) is 1. The van der Waals surface area contributed by atoms with Crippen LogP contribution in [0, 0.1) is 0 Å². The van der Waals surface area contributed by atoms with Crippen molar-refractivity contribution in [3.8, 4) is 17.2 Å². The highest BCUT2D eigenvalue weighted by Gasteiger charge is 2.12. The molecule has 0 unspecified atom stereocenters. The maximum atomic E-state index is 11.8. The highest BCUT2D eigenvalue weighted by Crippen LogP contribution is 2.32. The molecule has 0 fully saturated rings. The van der Waals surface area contributed by atoms with E-state index in [9.17, 15) is 4.79 Å². The molecule has 1 heterocycles. The van der Waals surface area contributed by atoms with Crippen LogP contribution in [-0.2, 0) is 4.79 Å². The number of hydrazone groups is 1. The number of fused-ring (bicyclic) bond motifs is 1. The topological polar surface area (TPSA) is 69.2 Å². The molecule has 25 heavy (non-hydrogen) atoms. The number of hydrogen-bond donors (Lipinski definition) is 1. The van der Waals surface area contributed by atoms with Crippen LogP contribution in [0.4, 0.5) is 0 Å². The Balaban J connectivity index is 1.52. The van der Waals surface area contributed by atoms with Crippen LogP contribution in [0.1, 0.15) is 18.1 Å². The van der Waals surface area contributed by atoms with Crippen molar-refractivity contribution >= 4 is 18.2 Å². The molecule has 2 aromatic rings. The third-order valence-electron chi connectivity index (χ3n) is 3.40. The average Bonchev–Trinajstić information content (AvgIpc) is 3.09. The number of benzene rings is 2. The van der Waals surface area contributed by atoms with E-state index in [0.717, 1.165) is 16.9 Å². The lowest BCUT2D eigenvalue weighted by atomic mass is 10.2. The summed E-state index contributed by atoms with van der Waals surface area (Å²) >= 11 is 0. The Bertz CT molecular complexity index is 798. The van der Waals surface area contributed by atoms with Crippen LogP contribution in [0.25, 0.3) is 6.08 Å². The molecule has 1 N–H and O–H groups in total. The summed E-state index contributed by atoms with van der Waals surface area (Å²) in [7, 11) is 0. The van der Waals surface area contributed by atoms with Gasteiger partial charge < -0.3 is 14.2 Å². The van der Waals surface area contributed by atoms with Gasteiger partial charge in [0.1, 0.15) is 5.75 Å². The van der Waals surface area contributed by atoms with Crippen molar-refractivity contribution in [3.05, 3.63) is 59.7 Å². The molecule has 0 atom stereocenters. The first kappa shape index (κ1) is 16.6. The molecule has 0 saturated carbocycles. The molecule has 0 saturated heterocycles. The van der Waals surface area contributed by atoms with Gasteiger partial charge in [0.2, 0.25) is 6.79 Å². The van der Waals surface area contributed by atoms with E-state index in [1.54, 1.807) is 12.3 Å². The van der Waals surface area contributed by atoms with Gasteiger partial charge in [-0.25, -0.2) is 5.43 Å². The Kier molecular flexibility index (Phi) is 5.31. The fourth-order valence-corrected chi connectivity index (χ4v) is 2.21. The van der Waals surface area contributed by atoms with Crippen LogP contribution in [0.15, 0.2) is 53.6 Å². The summed E-state index contributed by atoms with van der Waals surface area (Å²) < 4.78 is 15.9. The first-order valence-electron chi connectivity index (χ1n) is 7.88. The smallest absolute Gasteiger partial charge is 0.264 e. The highest BCUT2D eigenvalue weighted by molar-refractivity contribution is 5.92. The lowest BCUT2D eigenvalue weighted by Gasteiger charge is -2.02. The van der Waals surface area contributed by atoms with Gasteiger partial charge in [0.25, 0.3) is 5.91 Å². The zero-order valence-electron chi connectivity index (χ0n) is 13.8. The minimum absolute atomic E-state index is 0.225. The lowest BCUT2D eigenvalue weighted by molar-refractivity contribution is -0.116. The fourth-order valence-electron chi connectivity index (χ4n) is 2.21. The van der Waals surface area contributed by atoms with Gasteiger partial charge in [-0.05, 0) is 60.5 Å². The third-order valence-corrected chi connectivity index (χ3v) is 3.40. The summed E-state index contributed by atoms with van der Waals surface area (Å²) in [6, 6.07) is 12.9. The Labute approximate surface area is 145 Å². The molecule has 0 bridgehead atoms. The molecule has 1 amide bonds. The zero-order valence-corrected chi connectivity index (χ0v) is 13.8. The van der Waals surface area contributed by atoms with E-state index in [1.165, 1.54) is 6.08 Å². The minimum atomic E-state index is -0.320. The van der Waals surface area contributed by atoms with Gasteiger partial charge in [0.05, 0.1) is 12.8 Å². The van der Waals surface area contributed by atoms with E-state index in [-0.39, 0.29) is 12.7 Å². The van der Waals surface area contributed by atoms with Crippen molar-refractivity contribution in [1.29, 1.82) is 0 Å². The molecular formula is C19H18N2O4. The van der Waals surface area contributed by atoms with Gasteiger partial charge in [-0.3, -0.25) is 4.79 Å². The first-order chi connectivity index (χ1) is 12.2. The van der Waals surface area contributed by atoms with E-state index in [4.69, 9.17) is 14.2 Å². The van der Waals surface area contributed by atoms with Gasteiger partial charge in [0.15, 0.2) is 11.5 Å². The van der Waals surface area contributed by atoms with E-state index >= 15 is 0 Å². The number of amides is 1. The molecule has 3 rings (SSSR count). The van der Waals surface area contributed by atoms with E-state index < -0.39 is 0 Å². The quantitative estimate of drug-likeness (QED) is 0.499. The lowest BCUT2D eigenvalue weighted by Crippen LogP contribution is -2.14. The zero-order chi connectivity index (χ0) is 17.5. The van der Waals surface area contributed by atoms with Gasteiger partial charge in [-0.1, -0.05) is 6.07 Å². The summed E-state index contributed by atoms with van der Waals surface area (Å²) in [6.07, 6.45) is 4.67. The predicted molar refractivity (Wildman–Crippen MR) is 94.9 cm³/mol. The molecule has 0 aliphatic carbocycles. The first-order valence-corrected chi connectivity index (χ1v) is 7.88. The number of carbonyl (C=O) groups excluding carboxylic acids is 1. The number of carbonyl (C=O) groups is 1. The molecule has 2 aromatic carbocycles. The van der Waals surface area contributed by atoms with Crippen LogP contribution in [0.5, 0.6) is 17.2 Å². The maximum absolute atomic E-state index is 11.8. The van der Waals surface area contributed by atoms with Crippen molar-refractivity contribution < 1.29 is 19.0 Å². The second-order valence-electron chi connectivity index (χ2n) is 5.18. The largest absolute Gasteiger partial charge is 0.494 e. The van der Waals surface area contributed by atoms with Crippen molar-refractivity contribution in [1.82, 2.24) is 5.43 Å². The van der Waals surface area contributed by atoms with Gasteiger partial charge in [-0.2, -0.15) is 5.10 Å². The summed E-state index contributed by atoms with van der Waals surface area (Å²) in [6.45, 7) is 2.78. The Morgan fingerprint density at radius 3 is 2.72 bits per heavy atom. The van der Waals surface area contributed by atoms with Crippen molar-refractivity contribution in [2.45, 2.75) is 6.92 Å². The van der Waals surface area contributed by atoms with Crippen LogP contribution >= 0.6 is 0 Å². The Morgan fingerprint density at radius 2 is 1.92 bits per heavy atom. The second kappa shape index (κ2) is 8.01. The van der Waals surface area contributed by atoms with E-state index in [0.29, 0.717) is 18.1 Å². The molecule has 0 spiro atoms. The molecule has 128 valence electrons. The van der Waals surface area contributed by atoms with Crippen LogP contribution < -0.4 is 19.6 Å². The molecule has 1 aliphatic heterocycles. The van der Waals surface area contributed by atoms with Gasteiger partial charge in [-0.15, -0.1) is 0 Å². The van der Waals surface area contributed by atoms with Crippen LogP contribution in [0.3, 0.4) is 0 Å².